The van der Waals surface area contributed by atoms with E-state index in [0.717, 1.165) is 49.2 Å². The first-order valence-electron chi connectivity index (χ1n) is 10.1. The largest absolute Gasteiger partial charge is 0.483 e. The minimum Gasteiger partial charge on any atom is -0.483 e. The molecule has 1 aliphatic rings. The molecule has 2 aromatic rings. The smallest absolute Gasteiger partial charge is 0.260 e. The van der Waals surface area contributed by atoms with Gasteiger partial charge in [0.05, 0.1) is 0 Å². The van der Waals surface area contributed by atoms with E-state index in [1.165, 1.54) is 5.56 Å². The molecule has 0 atom stereocenters. The lowest BCUT2D eigenvalue weighted by molar-refractivity contribution is -0.134. The maximum absolute atomic E-state index is 12.6. The summed E-state index contributed by atoms with van der Waals surface area (Å²) in [5.41, 5.74) is 3.71. The van der Waals surface area contributed by atoms with E-state index < -0.39 is 0 Å². The van der Waals surface area contributed by atoms with Crippen molar-refractivity contribution in [3.05, 3.63) is 65.2 Å². The number of rotatable bonds is 6. The van der Waals surface area contributed by atoms with Gasteiger partial charge in [-0.05, 0) is 60.8 Å². The standard InChI is InChI=1S/C24H31NO2/c1-18(2)22-10-9-19(3)15-23(22)27-17-24(26)25-13-11-21(12-14-25)16-20-7-5-4-6-8-20/h4-10,15,18,21H,11-14,16-17H2,1-3H3. The van der Waals surface area contributed by atoms with Gasteiger partial charge < -0.3 is 9.64 Å². The Hall–Kier alpha value is -2.29. The fourth-order valence-electron chi connectivity index (χ4n) is 3.81. The van der Waals surface area contributed by atoms with E-state index in [-0.39, 0.29) is 12.5 Å². The predicted molar refractivity (Wildman–Crippen MR) is 110 cm³/mol. The number of carbonyl (C=O) groups is 1. The van der Waals surface area contributed by atoms with Gasteiger partial charge in [0, 0.05) is 13.1 Å². The SMILES string of the molecule is Cc1ccc(C(C)C)c(OCC(=O)N2CCC(Cc3ccccc3)CC2)c1. The van der Waals surface area contributed by atoms with Crippen LogP contribution in [-0.4, -0.2) is 30.5 Å². The summed E-state index contributed by atoms with van der Waals surface area (Å²) < 4.78 is 5.93. The zero-order valence-corrected chi connectivity index (χ0v) is 16.8. The number of hydrogen-bond acceptors (Lipinski definition) is 2. The highest BCUT2D eigenvalue weighted by atomic mass is 16.5. The molecule has 0 aromatic heterocycles. The Morgan fingerprint density at radius 3 is 2.48 bits per heavy atom. The second-order valence-corrected chi connectivity index (χ2v) is 8.00. The highest BCUT2D eigenvalue weighted by Crippen LogP contribution is 2.28. The Balaban J connectivity index is 1.49. The fourth-order valence-corrected chi connectivity index (χ4v) is 3.81. The van der Waals surface area contributed by atoms with Crippen LogP contribution in [0.1, 0.15) is 49.3 Å². The van der Waals surface area contributed by atoms with E-state index in [1.54, 1.807) is 0 Å². The van der Waals surface area contributed by atoms with Gasteiger partial charge in [0.25, 0.3) is 5.91 Å². The van der Waals surface area contributed by atoms with Crippen molar-refractivity contribution in [1.29, 1.82) is 0 Å². The first-order valence-corrected chi connectivity index (χ1v) is 10.1. The molecule has 3 heteroatoms. The molecule has 27 heavy (non-hydrogen) atoms. The Morgan fingerprint density at radius 1 is 1.11 bits per heavy atom. The summed E-state index contributed by atoms with van der Waals surface area (Å²) in [5, 5.41) is 0. The molecule has 0 spiro atoms. The van der Waals surface area contributed by atoms with Crippen molar-refractivity contribution in [2.24, 2.45) is 5.92 Å². The molecule has 1 amide bonds. The molecular formula is C24H31NO2. The highest BCUT2D eigenvalue weighted by molar-refractivity contribution is 5.78. The van der Waals surface area contributed by atoms with Crippen LogP contribution in [0, 0.1) is 12.8 Å². The number of aryl methyl sites for hydroxylation is 1. The molecule has 1 aliphatic heterocycles. The van der Waals surface area contributed by atoms with E-state index in [1.807, 2.05) is 11.0 Å². The third-order valence-electron chi connectivity index (χ3n) is 5.48. The van der Waals surface area contributed by atoms with Crippen LogP contribution in [0.3, 0.4) is 0 Å². The van der Waals surface area contributed by atoms with Gasteiger partial charge in [0.2, 0.25) is 0 Å². The van der Waals surface area contributed by atoms with Crippen LogP contribution >= 0.6 is 0 Å². The van der Waals surface area contributed by atoms with Crippen molar-refractivity contribution in [2.75, 3.05) is 19.7 Å². The number of carbonyl (C=O) groups excluding carboxylic acids is 1. The van der Waals surface area contributed by atoms with Gasteiger partial charge in [0.1, 0.15) is 5.75 Å². The monoisotopic (exact) mass is 365 g/mol. The van der Waals surface area contributed by atoms with Crippen LogP contribution < -0.4 is 4.74 Å². The number of ether oxygens (including phenoxy) is 1. The van der Waals surface area contributed by atoms with Crippen molar-refractivity contribution in [3.8, 4) is 5.75 Å². The van der Waals surface area contributed by atoms with Gasteiger partial charge >= 0.3 is 0 Å². The normalized spacial score (nSPS) is 15.2. The minimum atomic E-state index is 0.101. The molecule has 0 radical (unpaired) electrons. The number of nitrogens with zero attached hydrogens (tertiary/aromatic N) is 1. The van der Waals surface area contributed by atoms with E-state index in [0.29, 0.717) is 11.8 Å². The van der Waals surface area contributed by atoms with Crippen LogP contribution in [0.15, 0.2) is 48.5 Å². The Morgan fingerprint density at radius 2 is 1.81 bits per heavy atom. The summed E-state index contributed by atoms with van der Waals surface area (Å²) in [6.45, 7) is 8.16. The van der Waals surface area contributed by atoms with Crippen molar-refractivity contribution >= 4 is 5.91 Å². The summed E-state index contributed by atoms with van der Waals surface area (Å²) in [7, 11) is 0. The van der Waals surface area contributed by atoms with Gasteiger partial charge in [0.15, 0.2) is 6.61 Å². The molecule has 3 nitrogen and oxygen atoms in total. The number of piperidine rings is 1. The molecule has 0 bridgehead atoms. The van der Waals surface area contributed by atoms with Crippen molar-refractivity contribution in [1.82, 2.24) is 4.90 Å². The highest BCUT2D eigenvalue weighted by Gasteiger charge is 2.23. The summed E-state index contributed by atoms with van der Waals surface area (Å²) in [6, 6.07) is 16.9. The van der Waals surface area contributed by atoms with Crippen LogP contribution in [-0.2, 0) is 11.2 Å². The lowest BCUT2D eigenvalue weighted by Crippen LogP contribution is -2.41. The average molecular weight is 366 g/mol. The maximum Gasteiger partial charge on any atom is 0.260 e. The van der Waals surface area contributed by atoms with Gasteiger partial charge in [-0.3, -0.25) is 4.79 Å². The van der Waals surface area contributed by atoms with Crippen molar-refractivity contribution in [3.63, 3.8) is 0 Å². The second-order valence-electron chi connectivity index (χ2n) is 8.00. The van der Waals surface area contributed by atoms with Crippen LogP contribution in [0.4, 0.5) is 0 Å². The zero-order valence-electron chi connectivity index (χ0n) is 16.8. The van der Waals surface area contributed by atoms with Crippen molar-refractivity contribution in [2.45, 2.75) is 46.0 Å². The molecule has 1 heterocycles. The van der Waals surface area contributed by atoms with Crippen LogP contribution in [0.5, 0.6) is 5.75 Å². The second kappa shape index (κ2) is 9.07. The molecule has 0 N–H and O–H groups in total. The lowest BCUT2D eigenvalue weighted by Gasteiger charge is -2.32. The third-order valence-corrected chi connectivity index (χ3v) is 5.48. The lowest BCUT2D eigenvalue weighted by atomic mass is 9.90. The van der Waals surface area contributed by atoms with E-state index in [9.17, 15) is 4.79 Å². The number of hydrogen-bond donors (Lipinski definition) is 0. The summed E-state index contributed by atoms with van der Waals surface area (Å²) in [4.78, 5) is 14.6. The molecule has 0 unspecified atom stereocenters. The van der Waals surface area contributed by atoms with Crippen LogP contribution in [0.2, 0.25) is 0 Å². The summed E-state index contributed by atoms with van der Waals surface area (Å²) >= 11 is 0. The Bertz CT molecular complexity index is 746. The quantitative estimate of drug-likeness (QED) is 0.723. The molecule has 1 fully saturated rings. The molecule has 144 valence electrons. The molecule has 2 aromatic carbocycles. The fraction of sp³-hybridized carbons (Fsp3) is 0.458. The molecule has 0 saturated carbocycles. The zero-order chi connectivity index (χ0) is 19.2. The molecular weight excluding hydrogens is 334 g/mol. The summed E-state index contributed by atoms with van der Waals surface area (Å²) in [5.74, 6) is 1.99. The Kier molecular flexibility index (Phi) is 6.54. The summed E-state index contributed by atoms with van der Waals surface area (Å²) in [6.07, 6.45) is 3.26. The topological polar surface area (TPSA) is 29.5 Å². The van der Waals surface area contributed by atoms with Gasteiger partial charge in [-0.15, -0.1) is 0 Å². The number of amides is 1. The van der Waals surface area contributed by atoms with Crippen molar-refractivity contribution < 1.29 is 9.53 Å². The molecule has 0 aliphatic carbocycles. The molecule has 1 saturated heterocycles. The van der Waals surface area contributed by atoms with Crippen LogP contribution in [0.25, 0.3) is 0 Å². The minimum absolute atomic E-state index is 0.101. The van der Waals surface area contributed by atoms with Gasteiger partial charge in [-0.2, -0.15) is 0 Å². The van der Waals surface area contributed by atoms with E-state index >= 15 is 0 Å². The first-order chi connectivity index (χ1) is 13.0. The van der Waals surface area contributed by atoms with E-state index in [2.05, 4.69) is 63.2 Å². The van der Waals surface area contributed by atoms with Gasteiger partial charge in [-0.25, -0.2) is 0 Å². The molecule has 3 rings (SSSR count). The van der Waals surface area contributed by atoms with Gasteiger partial charge in [-0.1, -0.05) is 56.3 Å². The third kappa shape index (κ3) is 5.35. The van der Waals surface area contributed by atoms with E-state index in [4.69, 9.17) is 4.74 Å². The Labute approximate surface area is 163 Å². The maximum atomic E-state index is 12.6. The first kappa shape index (κ1) is 19.5. The number of benzene rings is 2. The predicted octanol–water partition coefficient (Wildman–Crippen LogP) is 4.98. The number of likely N-dealkylation sites (tertiary alicyclic amines) is 1. The average Bonchev–Trinajstić information content (AvgIpc) is 2.67.